The van der Waals surface area contributed by atoms with E-state index in [9.17, 15) is 14.4 Å². The molecule has 0 amide bonds. The molecule has 0 bridgehead atoms. The highest BCUT2D eigenvalue weighted by molar-refractivity contribution is 5.71. The van der Waals surface area contributed by atoms with E-state index in [0.717, 1.165) is 69.6 Å². The maximum atomic E-state index is 12.8. The molecule has 0 saturated carbocycles. The Kier molecular flexibility index (Phi) is 44.7. The van der Waals surface area contributed by atoms with Crippen LogP contribution in [0.1, 0.15) is 291 Å². The highest BCUT2D eigenvalue weighted by atomic mass is 16.6. The molecule has 0 unspecified atom stereocenters. The lowest BCUT2D eigenvalue weighted by molar-refractivity contribution is -0.167. The first kappa shape index (κ1) is 57.4. The summed E-state index contributed by atoms with van der Waals surface area (Å²) in [6.07, 6.45) is 46.6. The molecule has 59 heavy (non-hydrogen) atoms. The Hall–Kier alpha value is -1.59. The molecule has 350 valence electrons. The SMILES string of the molecule is CCCCCCCCCCCCCCCCCC(=O)OC[C@H](COC(=O)CCCCCCCCCCCC(C)C)OC(=O)CCCCCCCCCCCCCC(C)C. The lowest BCUT2D eigenvalue weighted by Gasteiger charge is -2.18. The molecule has 0 heterocycles. The van der Waals surface area contributed by atoms with Gasteiger partial charge < -0.3 is 14.2 Å². The molecular weight excluding hydrogens is 733 g/mol. The van der Waals surface area contributed by atoms with Gasteiger partial charge in [0.2, 0.25) is 0 Å². The van der Waals surface area contributed by atoms with Gasteiger partial charge in [-0.1, -0.05) is 253 Å². The molecular formula is C53H102O6. The second-order valence-corrected chi connectivity index (χ2v) is 19.1. The van der Waals surface area contributed by atoms with Crippen molar-refractivity contribution in [3.8, 4) is 0 Å². The summed E-state index contributed by atoms with van der Waals surface area (Å²) in [5.41, 5.74) is 0. The second kappa shape index (κ2) is 45.9. The molecule has 0 aliphatic heterocycles. The summed E-state index contributed by atoms with van der Waals surface area (Å²) < 4.78 is 16.8. The molecule has 0 aliphatic carbocycles. The van der Waals surface area contributed by atoms with Gasteiger partial charge in [0.15, 0.2) is 6.10 Å². The minimum atomic E-state index is -0.762. The van der Waals surface area contributed by atoms with E-state index in [1.54, 1.807) is 0 Å². The van der Waals surface area contributed by atoms with Crippen LogP contribution in [0.5, 0.6) is 0 Å². The first-order valence-corrected chi connectivity index (χ1v) is 26.2. The molecule has 0 aromatic carbocycles. The van der Waals surface area contributed by atoms with Crippen LogP contribution in [0.3, 0.4) is 0 Å². The van der Waals surface area contributed by atoms with Gasteiger partial charge in [-0.25, -0.2) is 0 Å². The predicted octanol–water partition coefficient (Wildman–Crippen LogP) is 16.9. The van der Waals surface area contributed by atoms with E-state index in [2.05, 4.69) is 34.6 Å². The monoisotopic (exact) mass is 835 g/mol. The molecule has 0 aromatic heterocycles. The molecule has 6 heteroatoms. The van der Waals surface area contributed by atoms with Crippen molar-refractivity contribution in [2.24, 2.45) is 11.8 Å². The quantitative estimate of drug-likeness (QED) is 0.0345. The molecule has 0 spiro atoms. The zero-order valence-corrected chi connectivity index (χ0v) is 40.4. The molecule has 0 saturated heterocycles. The maximum absolute atomic E-state index is 12.8. The highest BCUT2D eigenvalue weighted by Crippen LogP contribution is 2.17. The van der Waals surface area contributed by atoms with Crippen LogP contribution in [-0.4, -0.2) is 37.2 Å². The van der Waals surface area contributed by atoms with Crippen LogP contribution in [-0.2, 0) is 28.6 Å². The fourth-order valence-electron chi connectivity index (χ4n) is 7.99. The first-order chi connectivity index (χ1) is 28.7. The second-order valence-electron chi connectivity index (χ2n) is 19.1. The predicted molar refractivity (Wildman–Crippen MR) is 252 cm³/mol. The van der Waals surface area contributed by atoms with Crippen LogP contribution in [0.15, 0.2) is 0 Å². The minimum absolute atomic E-state index is 0.0637. The van der Waals surface area contributed by atoms with Crippen LogP contribution in [0.2, 0.25) is 0 Å². The van der Waals surface area contributed by atoms with Crippen molar-refractivity contribution in [1.82, 2.24) is 0 Å². The summed E-state index contributed by atoms with van der Waals surface area (Å²) in [5.74, 6) is 0.785. The average molecular weight is 835 g/mol. The van der Waals surface area contributed by atoms with E-state index in [1.165, 1.54) is 180 Å². The fourth-order valence-corrected chi connectivity index (χ4v) is 7.99. The van der Waals surface area contributed by atoms with Gasteiger partial charge in [0.1, 0.15) is 13.2 Å². The zero-order chi connectivity index (χ0) is 43.3. The van der Waals surface area contributed by atoms with E-state index in [4.69, 9.17) is 14.2 Å². The Labute approximate surface area is 368 Å². The van der Waals surface area contributed by atoms with Gasteiger partial charge in [-0.15, -0.1) is 0 Å². The van der Waals surface area contributed by atoms with E-state index >= 15 is 0 Å². The smallest absolute Gasteiger partial charge is 0.306 e. The van der Waals surface area contributed by atoms with Crippen LogP contribution < -0.4 is 0 Å². The Balaban J connectivity index is 4.31. The van der Waals surface area contributed by atoms with Crippen LogP contribution in [0.4, 0.5) is 0 Å². The minimum Gasteiger partial charge on any atom is -0.462 e. The Morgan fingerprint density at radius 3 is 0.831 bits per heavy atom. The van der Waals surface area contributed by atoms with E-state index in [1.807, 2.05) is 0 Å². The number of hydrogen-bond donors (Lipinski definition) is 0. The van der Waals surface area contributed by atoms with Gasteiger partial charge in [0.05, 0.1) is 0 Å². The lowest BCUT2D eigenvalue weighted by atomic mass is 10.0. The van der Waals surface area contributed by atoms with E-state index < -0.39 is 6.10 Å². The van der Waals surface area contributed by atoms with Gasteiger partial charge in [-0.05, 0) is 31.1 Å². The van der Waals surface area contributed by atoms with Crippen LogP contribution in [0.25, 0.3) is 0 Å². The summed E-state index contributed by atoms with van der Waals surface area (Å²) in [7, 11) is 0. The summed E-state index contributed by atoms with van der Waals surface area (Å²) in [5, 5.41) is 0. The van der Waals surface area contributed by atoms with Gasteiger partial charge in [0, 0.05) is 19.3 Å². The zero-order valence-electron chi connectivity index (χ0n) is 40.4. The molecule has 0 aliphatic rings. The molecule has 1 atom stereocenters. The third-order valence-corrected chi connectivity index (χ3v) is 12.0. The van der Waals surface area contributed by atoms with Gasteiger partial charge >= 0.3 is 17.9 Å². The number of carbonyl (C=O) groups is 3. The summed E-state index contributed by atoms with van der Waals surface area (Å²) in [6.45, 7) is 11.4. The first-order valence-electron chi connectivity index (χ1n) is 26.2. The Morgan fingerprint density at radius 2 is 0.559 bits per heavy atom. The van der Waals surface area contributed by atoms with E-state index in [-0.39, 0.29) is 31.1 Å². The third kappa shape index (κ3) is 47.3. The van der Waals surface area contributed by atoms with Crippen molar-refractivity contribution in [2.45, 2.75) is 298 Å². The van der Waals surface area contributed by atoms with Crippen molar-refractivity contribution in [2.75, 3.05) is 13.2 Å². The fraction of sp³-hybridized carbons (Fsp3) is 0.943. The highest BCUT2D eigenvalue weighted by Gasteiger charge is 2.19. The molecule has 0 radical (unpaired) electrons. The number of esters is 3. The number of carbonyl (C=O) groups excluding carboxylic acids is 3. The van der Waals surface area contributed by atoms with Crippen LogP contribution in [0, 0.1) is 11.8 Å². The lowest BCUT2D eigenvalue weighted by Crippen LogP contribution is -2.30. The van der Waals surface area contributed by atoms with Crippen molar-refractivity contribution in [3.05, 3.63) is 0 Å². The average Bonchev–Trinajstić information content (AvgIpc) is 3.20. The maximum Gasteiger partial charge on any atom is 0.306 e. The standard InChI is InChI=1S/C53H102O6/c1-6-7-8-9-10-11-12-13-14-15-18-23-28-33-38-43-51(54)57-46-50(47-58-52(55)44-39-34-29-25-20-22-27-32-37-42-49(4)5)59-53(56)45-40-35-30-24-19-16-17-21-26-31-36-41-48(2)3/h48-50H,6-47H2,1-5H3/t50-/m1/s1. The van der Waals surface area contributed by atoms with Crippen LogP contribution >= 0.6 is 0 Å². The van der Waals surface area contributed by atoms with Gasteiger partial charge in [-0.2, -0.15) is 0 Å². The number of ether oxygens (including phenoxy) is 3. The Morgan fingerprint density at radius 1 is 0.322 bits per heavy atom. The topological polar surface area (TPSA) is 78.9 Å². The van der Waals surface area contributed by atoms with Crippen molar-refractivity contribution < 1.29 is 28.6 Å². The van der Waals surface area contributed by atoms with Gasteiger partial charge in [-0.3, -0.25) is 14.4 Å². The summed E-state index contributed by atoms with van der Waals surface area (Å²) >= 11 is 0. The molecule has 0 rings (SSSR count). The normalized spacial score (nSPS) is 12.1. The molecule has 0 N–H and O–H groups in total. The molecule has 0 fully saturated rings. The van der Waals surface area contributed by atoms with Gasteiger partial charge in [0.25, 0.3) is 0 Å². The number of hydrogen-bond acceptors (Lipinski definition) is 6. The Bertz CT molecular complexity index is 900. The molecule has 6 nitrogen and oxygen atoms in total. The van der Waals surface area contributed by atoms with E-state index in [0.29, 0.717) is 19.3 Å². The number of rotatable bonds is 47. The largest absolute Gasteiger partial charge is 0.462 e. The third-order valence-electron chi connectivity index (χ3n) is 12.0. The summed E-state index contributed by atoms with van der Waals surface area (Å²) in [6, 6.07) is 0. The van der Waals surface area contributed by atoms with Crippen molar-refractivity contribution in [1.29, 1.82) is 0 Å². The van der Waals surface area contributed by atoms with Crippen molar-refractivity contribution >= 4 is 17.9 Å². The summed E-state index contributed by atoms with van der Waals surface area (Å²) in [4.78, 5) is 38.0. The van der Waals surface area contributed by atoms with Crippen molar-refractivity contribution in [3.63, 3.8) is 0 Å². The molecule has 0 aromatic rings. The number of unbranched alkanes of at least 4 members (excludes halogenated alkanes) is 32.